The van der Waals surface area contributed by atoms with Crippen LogP contribution in [0.5, 0.6) is 0 Å². The molecule has 0 N–H and O–H groups in total. The van der Waals surface area contributed by atoms with E-state index >= 15 is 0 Å². The van der Waals surface area contributed by atoms with Crippen LogP contribution in [0.25, 0.3) is 22.2 Å². The molecule has 0 aliphatic carbocycles. The molecule has 0 saturated heterocycles. The third-order valence-electron chi connectivity index (χ3n) is 6.06. The molecule has 0 radical (unpaired) electrons. The third kappa shape index (κ3) is 4.64. The third-order valence-corrected chi connectivity index (χ3v) is 6.30. The van der Waals surface area contributed by atoms with E-state index in [1.165, 1.54) is 0 Å². The summed E-state index contributed by atoms with van der Waals surface area (Å²) >= 11 is 6.24. The summed E-state index contributed by atoms with van der Waals surface area (Å²) in [6, 6.07) is 32.7. The zero-order valence-corrected chi connectivity index (χ0v) is 20.3. The molecular weight excluding hydrogens is 470 g/mol. The molecule has 4 nitrogen and oxygen atoms in total. The summed E-state index contributed by atoms with van der Waals surface area (Å²) in [6.07, 6.45) is -1.10. The molecule has 1 heterocycles. The molecule has 0 spiro atoms. The number of para-hydroxylation sites is 1. The van der Waals surface area contributed by atoms with Gasteiger partial charge >= 0.3 is 5.97 Å². The van der Waals surface area contributed by atoms with Crippen molar-refractivity contribution in [2.75, 3.05) is 0 Å². The number of esters is 1. The maximum absolute atomic E-state index is 13.8. The van der Waals surface area contributed by atoms with E-state index in [9.17, 15) is 9.59 Å². The van der Waals surface area contributed by atoms with Gasteiger partial charge in [0.05, 0.1) is 16.8 Å². The highest BCUT2D eigenvalue weighted by atomic mass is 35.5. The number of carbonyl (C=O) groups is 2. The van der Waals surface area contributed by atoms with Gasteiger partial charge in [-0.15, -0.1) is 0 Å². The number of halogens is 1. The first-order chi connectivity index (χ1) is 17.5. The number of carbonyl (C=O) groups excluding carboxylic acids is 2. The predicted octanol–water partition coefficient (Wildman–Crippen LogP) is 7.64. The Morgan fingerprint density at radius 1 is 0.806 bits per heavy atom. The standard InChI is InChI=1S/C31H22ClNO3/c1-20-27(25-17-8-9-18-26(25)33-28(20)23-15-10-16-24(32)19-23)31(35)36-30(22-13-6-3-7-14-22)29(34)21-11-4-2-5-12-21/h2-19,30H,1H3/t30-/m0/s1. The number of fused-ring (bicyclic) bond motifs is 1. The van der Waals surface area contributed by atoms with Crippen LogP contribution in [0.2, 0.25) is 5.02 Å². The van der Waals surface area contributed by atoms with Gasteiger partial charge in [0.25, 0.3) is 0 Å². The lowest BCUT2D eigenvalue weighted by Crippen LogP contribution is -2.21. The minimum Gasteiger partial charge on any atom is -0.445 e. The molecular formula is C31H22ClNO3. The highest BCUT2D eigenvalue weighted by Crippen LogP contribution is 2.33. The van der Waals surface area contributed by atoms with Crippen LogP contribution in [0, 0.1) is 6.92 Å². The van der Waals surface area contributed by atoms with Crippen molar-refractivity contribution in [3.05, 3.63) is 136 Å². The molecule has 176 valence electrons. The summed E-state index contributed by atoms with van der Waals surface area (Å²) in [5.74, 6) is -0.881. The van der Waals surface area contributed by atoms with Crippen LogP contribution >= 0.6 is 11.6 Å². The van der Waals surface area contributed by atoms with E-state index in [-0.39, 0.29) is 5.78 Å². The van der Waals surface area contributed by atoms with Crippen LogP contribution in [0.3, 0.4) is 0 Å². The lowest BCUT2D eigenvalue weighted by atomic mass is 9.97. The number of pyridine rings is 1. The molecule has 1 aromatic heterocycles. The number of ether oxygens (including phenoxy) is 1. The van der Waals surface area contributed by atoms with E-state index < -0.39 is 12.1 Å². The second-order valence-corrected chi connectivity index (χ2v) is 8.85. The van der Waals surface area contributed by atoms with Gasteiger partial charge < -0.3 is 4.74 Å². The molecule has 36 heavy (non-hydrogen) atoms. The second kappa shape index (κ2) is 10.1. The van der Waals surface area contributed by atoms with Crippen molar-refractivity contribution >= 4 is 34.3 Å². The number of Topliss-reactive ketones (excluding diaryl/α,β-unsaturated/α-hetero) is 1. The molecule has 0 amide bonds. The summed E-state index contributed by atoms with van der Waals surface area (Å²) < 4.78 is 6.00. The first-order valence-electron chi connectivity index (χ1n) is 11.5. The average molecular weight is 492 g/mol. The lowest BCUT2D eigenvalue weighted by molar-refractivity contribution is 0.0281. The van der Waals surface area contributed by atoms with Gasteiger partial charge in [-0.1, -0.05) is 103 Å². The Bertz CT molecular complexity index is 1570. The zero-order chi connectivity index (χ0) is 25.1. The minimum atomic E-state index is -1.10. The van der Waals surface area contributed by atoms with Gasteiger partial charge in [0.2, 0.25) is 5.78 Å². The smallest absolute Gasteiger partial charge is 0.340 e. The maximum atomic E-state index is 13.8. The molecule has 1 atom stereocenters. The summed E-state index contributed by atoms with van der Waals surface area (Å²) in [7, 11) is 0. The van der Waals surface area contributed by atoms with Crippen LogP contribution < -0.4 is 0 Å². The number of benzene rings is 4. The monoisotopic (exact) mass is 491 g/mol. The highest BCUT2D eigenvalue weighted by molar-refractivity contribution is 6.30. The Labute approximate surface area is 214 Å². The van der Waals surface area contributed by atoms with Gasteiger partial charge in [-0.25, -0.2) is 9.78 Å². The number of ketones is 1. The number of aromatic nitrogens is 1. The fourth-order valence-electron chi connectivity index (χ4n) is 4.31. The Kier molecular flexibility index (Phi) is 6.61. The van der Waals surface area contributed by atoms with Crippen LogP contribution in [-0.2, 0) is 4.74 Å². The van der Waals surface area contributed by atoms with Gasteiger partial charge in [-0.05, 0) is 30.7 Å². The van der Waals surface area contributed by atoms with Crippen molar-refractivity contribution in [2.45, 2.75) is 13.0 Å². The van der Waals surface area contributed by atoms with Crippen molar-refractivity contribution in [1.82, 2.24) is 4.98 Å². The first kappa shape index (κ1) is 23.5. The number of hydrogen-bond donors (Lipinski definition) is 0. The molecule has 5 rings (SSSR count). The van der Waals surface area contributed by atoms with Crippen LogP contribution in [0.15, 0.2) is 109 Å². The zero-order valence-electron chi connectivity index (χ0n) is 19.5. The molecule has 0 saturated carbocycles. The second-order valence-electron chi connectivity index (χ2n) is 8.41. The fraction of sp³-hybridized carbons (Fsp3) is 0.0645. The van der Waals surface area contributed by atoms with E-state index in [0.717, 1.165) is 5.56 Å². The van der Waals surface area contributed by atoms with Crippen LogP contribution in [0.4, 0.5) is 0 Å². The van der Waals surface area contributed by atoms with Crippen LogP contribution in [-0.4, -0.2) is 16.7 Å². The highest BCUT2D eigenvalue weighted by Gasteiger charge is 2.29. The van der Waals surface area contributed by atoms with Gasteiger partial charge in [0.1, 0.15) is 0 Å². The summed E-state index contributed by atoms with van der Waals surface area (Å²) in [5, 5.41) is 1.23. The number of rotatable bonds is 6. The minimum absolute atomic E-state index is 0.291. The van der Waals surface area contributed by atoms with Gasteiger partial charge in [-0.2, -0.15) is 0 Å². The van der Waals surface area contributed by atoms with E-state index in [2.05, 4.69) is 0 Å². The van der Waals surface area contributed by atoms with E-state index in [1.807, 2.05) is 73.7 Å². The maximum Gasteiger partial charge on any atom is 0.340 e. The number of hydrogen-bond acceptors (Lipinski definition) is 4. The normalized spacial score (nSPS) is 11.7. The van der Waals surface area contributed by atoms with E-state index in [1.54, 1.807) is 42.5 Å². The summed E-state index contributed by atoms with van der Waals surface area (Å²) in [6.45, 7) is 1.84. The Morgan fingerprint density at radius 2 is 1.47 bits per heavy atom. The predicted molar refractivity (Wildman–Crippen MR) is 142 cm³/mol. The Morgan fingerprint density at radius 3 is 2.19 bits per heavy atom. The fourth-order valence-corrected chi connectivity index (χ4v) is 4.50. The van der Waals surface area contributed by atoms with Crippen molar-refractivity contribution in [2.24, 2.45) is 0 Å². The summed E-state index contributed by atoms with van der Waals surface area (Å²) in [4.78, 5) is 32.1. The lowest BCUT2D eigenvalue weighted by Gasteiger charge is -2.20. The number of nitrogens with zero attached hydrogens (tertiary/aromatic N) is 1. The van der Waals surface area contributed by atoms with Gasteiger partial charge in [-0.3, -0.25) is 4.79 Å². The van der Waals surface area contributed by atoms with Crippen molar-refractivity contribution < 1.29 is 14.3 Å². The Balaban J connectivity index is 1.62. The molecule has 0 fully saturated rings. The molecule has 5 heteroatoms. The largest absolute Gasteiger partial charge is 0.445 e. The molecule has 4 aromatic carbocycles. The van der Waals surface area contributed by atoms with Crippen LogP contribution in [0.1, 0.15) is 37.9 Å². The molecule has 0 bridgehead atoms. The Hall–Kier alpha value is -4.28. The SMILES string of the molecule is Cc1c(-c2cccc(Cl)c2)nc2ccccc2c1C(=O)O[C@H](C(=O)c1ccccc1)c1ccccc1. The quantitative estimate of drug-likeness (QED) is 0.181. The van der Waals surface area contributed by atoms with E-state index in [4.69, 9.17) is 21.3 Å². The van der Waals surface area contributed by atoms with Gasteiger partial charge in [0, 0.05) is 27.1 Å². The molecule has 0 aliphatic heterocycles. The van der Waals surface area contributed by atoms with Crippen molar-refractivity contribution in [1.29, 1.82) is 0 Å². The average Bonchev–Trinajstić information content (AvgIpc) is 2.92. The summed E-state index contributed by atoms with van der Waals surface area (Å²) in [5.41, 5.74) is 4.17. The first-order valence-corrected chi connectivity index (χ1v) is 11.9. The molecule has 0 aliphatic rings. The van der Waals surface area contributed by atoms with Crippen molar-refractivity contribution in [3.63, 3.8) is 0 Å². The van der Waals surface area contributed by atoms with Crippen molar-refractivity contribution in [3.8, 4) is 11.3 Å². The topological polar surface area (TPSA) is 56.3 Å². The van der Waals surface area contributed by atoms with E-state index in [0.29, 0.717) is 43.9 Å². The van der Waals surface area contributed by atoms with Gasteiger partial charge in [0.15, 0.2) is 6.10 Å². The molecule has 5 aromatic rings. The molecule has 0 unspecified atom stereocenters.